The van der Waals surface area contributed by atoms with E-state index in [4.69, 9.17) is 4.74 Å². The first-order chi connectivity index (χ1) is 13.5. The zero-order valence-corrected chi connectivity index (χ0v) is 15.6. The lowest BCUT2D eigenvalue weighted by molar-refractivity contribution is 0.192. The zero-order valence-electron chi connectivity index (χ0n) is 15.6. The monoisotopic (exact) mass is 387 g/mol. The molecule has 1 aliphatic heterocycles. The Morgan fingerprint density at radius 1 is 1.43 bits per heavy atom. The second kappa shape index (κ2) is 7.64. The summed E-state index contributed by atoms with van der Waals surface area (Å²) >= 11 is 0. The second-order valence-corrected chi connectivity index (χ2v) is 6.83. The summed E-state index contributed by atoms with van der Waals surface area (Å²) in [4.78, 5) is 13.3. The van der Waals surface area contributed by atoms with Crippen LogP contribution in [0.2, 0.25) is 0 Å². The number of hydrogen-bond acceptors (Lipinski definition) is 8. The van der Waals surface area contributed by atoms with E-state index in [1.165, 1.54) is 0 Å². The van der Waals surface area contributed by atoms with Crippen molar-refractivity contribution in [2.24, 2.45) is 0 Å². The highest BCUT2D eigenvalue weighted by atomic mass is 19.1. The molecule has 9 nitrogen and oxygen atoms in total. The van der Waals surface area contributed by atoms with Crippen molar-refractivity contribution in [1.29, 1.82) is 0 Å². The Balaban J connectivity index is 1.69. The minimum Gasteiger partial charge on any atom is -0.493 e. The van der Waals surface area contributed by atoms with E-state index in [2.05, 4.69) is 30.7 Å². The van der Waals surface area contributed by atoms with Crippen molar-refractivity contribution in [3.05, 3.63) is 30.4 Å². The average Bonchev–Trinajstić information content (AvgIpc) is 3.27. The predicted molar refractivity (Wildman–Crippen MR) is 101 cm³/mol. The molecule has 3 atom stereocenters. The van der Waals surface area contributed by atoms with Gasteiger partial charge in [-0.2, -0.15) is 5.10 Å². The summed E-state index contributed by atoms with van der Waals surface area (Å²) in [5.41, 5.74) is 2.55. The lowest BCUT2D eigenvalue weighted by Crippen LogP contribution is -2.30. The van der Waals surface area contributed by atoms with Crippen LogP contribution in [0, 0.1) is 0 Å². The molecule has 4 rings (SSSR count). The van der Waals surface area contributed by atoms with Gasteiger partial charge in [0.05, 0.1) is 48.6 Å². The summed E-state index contributed by atoms with van der Waals surface area (Å²) in [5, 5.41) is 20.1. The van der Waals surface area contributed by atoms with Crippen LogP contribution in [-0.2, 0) is 6.42 Å². The summed E-state index contributed by atoms with van der Waals surface area (Å²) in [6, 6.07) is 1.39. The van der Waals surface area contributed by atoms with E-state index >= 15 is 0 Å². The van der Waals surface area contributed by atoms with Crippen LogP contribution in [0.1, 0.15) is 12.6 Å². The Labute approximate surface area is 161 Å². The number of fused-ring (bicyclic) bond motifs is 1. The van der Waals surface area contributed by atoms with Crippen molar-refractivity contribution >= 4 is 11.6 Å². The molecule has 0 amide bonds. The van der Waals surface area contributed by atoms with Gasteiger partial charge >= 0.3 is 0 Å². The van der Waals surface area contributed by atoms with E-state index in [9.17, 15) is 9.50 Å². The van der Waals surface area contributed by atoms with Gasteiger partial charge < -0.3 is 20.5 Å². The lowest BCUT2D eigenvalue weighted by Gasteiger charge is -2.14. The highest BCUT2D eigenvalue weighted by Crippen LogP contribution is 2.26. The molecule has 0 saturated carbocycles. The van der Waals surface area contributed by atoms with Gasteiger partial charge in [-0.1, -0.05) is 0 Å². The molecule has 1 aliphatic rings. The van der Waals surface area contributed by atoms with Gasteiger partial charge in [0.15, 0.2) is 11.4 Å². The molecule has 0 spiro atoms. The van der Waals surface area contributed by atoms with E-state index < -0.39 is 12.3 Å². The number of nitrogens with zero attached hydrogens (tertiary/aromatic N) is 5. The second-order valence-electron chi connectivity index (χ2n) is 6.83. The Hall–Kier alpha value is -2.85. The van der Waals surface area contributed by atoms with Gasteiger partial charge in [-0.25, -0.2) is 23.9 Å². The fraction of sp³-hybridized carbons (Fsp3) is 0.444. The van der Waals surface area contributed by atoms with Crippen molar-refractivity contribution in [2.45, 2.75) is 31.7 Å². The predicted octanol–water partition coefficient (Wildman–Crippen LogP) is 0.840. The van der Waals surface area contributed by atoms with Crippen molar-refractivity contribution in [3.8, 4) is 17.0 Å². The number of aromatic nitrogens is 5. The normalized spacial score (nSPS) is 20.4. The van der Waals surface area contributed by atoms with Crippen LogP contribution < -0.4 is 15.4 Å². The third-order valence-corrected chi connectivity index (χ3v) is 4.63. The zero-order chi connectivity index (χ0) is 19.7. The summed E-state index contributed by atoms with van der Waals surface area (Å²) in [6.07, 6.45) is 3.81. The van der Waals surface area contributed by atoms with Crippen molar-refractivity contribution in [3.63, 3.8) is 0 Å². The van der Waals surface area contributed by atoms with E-state index in [0.29, 0.717) is 53.8 Å². The summed E-state index contributed by atoms with van der Waals surface area (Å²) < 4.78 is 20.8. The van der Waals surface area contributed by atoms with Crippen molar-refractivity contribution in [2.75, 3.05) is 25.5 Å². The number of ether oxygens (including phenoxy) is 1. The molecule has 0 bridgehead atoms. The molecule has 0 aromatic carbocycles. The number of methoxy groups -OCH3 is 1. The summed E-state index contributed by atoms with van der Waals surface area (Å²) in [5.74, 6) is 0.904. The van der Waals surface area contributed by atoms with Crippen molar-refractivity contribution in [1.82, 2.24) is 29.9 Å². The minimum absolute atomic E-state index is 0.323. The van der Waals surface area contributed by atoms with Crippen LogP contribution in [0.15, 0.2) is 24.7 Å². The molecule has 28 heavy (non-hydrogen) atoms. The minimum atomic E-state index is -0.985. The summed E-state index contributed by atoms with van der Waals surface area (Å²) in [7, 11) is 1.55. The molecular formula is C18H22FN7O2. The maximum Gasteiger partial charge on any atom is 0.223 e. The number of rotatable bonds is 6. The quantitative estimate of drug-likeness (QED) is 0.571. The number of aliphatic hydroxyl groups is 1. The molecule has 1 fully saturated rings. The van der Waals surface area contributed by atoms with Crippen LogP contribution in [0.3, 0.4) is 0 Å². The maximum absolute atomic E-state index is 13.8. The van der Waals surface area contributed by atoms with Gasteiger partial charge in [0, 0.05) is 25.7 Å². The molecular weight excluding hydrogens is 365 g/mol. The van der Waals surface area contributed by atoms with Gasteiger partial charge in [0.2, 0.25) is 5.95 Å². The molecule has 3 N–H and O–H groups in total. The van der Waals surface area contributed by atoms with Crippen molar-refractivity contribution < 1.29 is 14.2 Å². The van der Waals surface area contributed by atoms with Gasteiger partial charge in [0.1, 0.15) is 6.17 Å². The molecule has 3 aromatic rings. The molecule has 0 aliphatic carbocycles. The SMILES string of the molecule is COc1cn2ncc(-c3ccnc(N[C@H]4CNC[C@@H]4F)n3)c2nc1CC(C)O. The Morgan fingerprint density at radius 2 is 2.29 bits per heavy atom. The van der Waals surface area contributed by atoms with Crippen LogP contribution in [-0.4, -0.2) is 68.2 Å². The fourth-order valence-corrected chi connectivity index (χ4v) is 3.24. The topological polar surface area (TPSA) is 109 Å². The van der Waals surface area contributed by atoms with Crippen LogP contribution in [0.25, 0.3) is 16.9 Å². The highest BCUT2D eigenvalue weighted by Gasteiger charge is 2.27. The van der Waals surface area contributed by atoms with E-state index in [-0.39, 0.29) is 6.04 Å². The first kappa shape index (κ1) is 18.5. The Morgan fingerprint density at radius 3 is 3.00 bits per heavy atom. The summed E-state index contributed by atoms with van der Waals surface area (Å²) in [6.45, 7) is 2.54. The van der Waals surface area contributed by atoms with Gasteiger partial charge in [0.25, 0.3) is 0 Å². The highest BCUT2D eigenvalue weighted by molar-refractivity contribution is 5.75. The molecule has 0 radical (unpaired) electrons. The molecule has 3 aromatic heterocycles. The number of halogens is 1. The number of nitrogens with one attached hydrogen (secondary N) is 2. The van der Waals surface area contributed by atoms with Crippen LogP contribution >= 0.6 is 0 Å². The molecule has 10 heteroatoms. The van der Waals surface area contributed by atoms with Gasteiger partial charge in [-0.3, -0.25) is 0 Å². The molecule has 1 saturated heterocycles. The number of aliphatic hydroxyl groups excluding tert-OH is 1. The maximum atomic E-state index is 13.8. The Kier molecular flexibility index (Phi) is 5.05. The Bertz CT molecular complexity index is 978. The molecule has 4 heterocycles. The standard InChI is InChI=1S/C18H22FN7O2/c1-10(27)5-14-16(28-2)9-26-17(23-14)11(6-22-26)13-3-4-21-18(24-13)25-15-8-20-7-12(15)19/h3-4,6,9-10,12,15,20,27H,5,7-8H2,1-2H3,(H,21,24,25)/t10?,12-,15-/m0/s1. The van der Waals surface area contributed by atoms with Crippen LogP contribution in [0.5, 0.6) is 5.75 Å². The first-order valence-corrected chi connectivity index (χ1v) is 9.09. The third-order valence-electron chi connectivity index (χ3n) is 4.63. The van der Waals surface area contributed by atoms with E-state index in [0.717, 1.165) is 0 Å². The van der Waals surface area contributed by atoms with Gasteiger partial charge in [-0.15, -0.1) is 0 Å². The fourth-order valence-electron chi connectivity index (χ4n) is 3.24. The smallest absolute Gasteiger partial charge is 0.223 e. The number of alkyl halides is 1. The number of hydrogen-bond donors (Lipinski definition) is 3. The number of anilines is 1. The van der Waals surface area contributed by atoms with E-state index in [1.807, 2.05) is 0 Å². The molecule has 148 valence electrons. The largest absolute Gasteiger partial charge is 0.493 e. The lowest BCUT2D eigenvalue weighted by atomic mass is 10.2. The van der Waals surface area contributed by atoms with E-state index in [1.54, 1.807) is 43.2 Å². The average molecular weight is 387 g/mol. The third kappa shape index (κ3) is 3.60. The molecule has 1 unspecified atom stereocenters. The van der Waals surface area contributed by atoms with Gasteiger partial charge in [-0.05, 0) is 13.0 Å². The first-order valence-electron chi connectivity index (χ1n) is 9.09. The van der Waals surface area contributed by atoms with Crippen LogP contribution in [0.4, 0.5) is 10.3 Å².